The minimum Gasteiger partial charge on any atom is -0.362 e. The number of nitrogens with one attached hydrogen (secondary N) is 1. The van der Waals surface area contributed by atoms with Crippen LogP contribution in [-0.2, 0) is 10.0 Å². The van der Waals surface area contributed by atoms with E-state index in [4.69, 9.17) is 0 Å². The first-order valence-electron chi connectivity index (χ1n) is 10.0. The van der Waals surface area contributed by atoms with Crippen molar-refractivity contribution >= 4 is 27.5 Å². The molecule has 0 aromatic heterocycles. The van der Waals surface area contributed by atoms with E-state index in [1.807, 2.05) is 54.4 Å². The Balaban J connectivity index is 1.60. The summed E-state index contributed by atoms with van der Waals surface area (Å²) in [4.78, 5) is 14.9. The summed E-state index contributed by atoms with van der Waals surface area (Å²) in [5.74, 6) is 0.252. The van der Waals surface area contributed by atoms with Crippen molar-refractivity contribution < 1.29 is 13.2 Å². The molecule has 1 amide bonds. The number of amidine groups is 1. The number of carbonyl (C=O) groups is 1. The predicted molar refractivity (Wildman–Crippen MR) is 123 cm³/mol. The molecule has 1 heterocycles. The largest absolute Gasteiger partial charge is 0.362 e. The molecule has 0 atom stereocenters. The lowest BCUT2D eigenvalue weighted by molar-refractivity contribution is 0.102. The Morgan fingerprint density at radius 2 is 1.71 bits per heavy atom. The van der Waals surface area contributed by atoms with Gasteiger partial charge in [-0.25, -0.2) is 0 Å². The van der Waals surface area contributed by atoms with Crippen molar-refractivity contribution in [2.24, 2.45) is 4.40 Å². The Bertz CT molecular complexity index is 1240. The molecular formula is C24H23N3O3S. The Labute approximate surface area is 182 Å². The molecule has 3 aromatic rings. The molecule has 158 valence electrons. The van der Waals surface area contributed by atoms with Crippen LogP contribution in [0.25, 0.3) is 11.1 Å². The minimum atomic E-state index is -3.86. The molecule has 0 unspecified atom stereocenters. The fraction of sp³-hybridized carbons (Fsp3) is 0.167. The van der Waals surface area contributed by atoms with Gasteiger partial charge in [0.05, 0.1) is 4.90 Å². The van der Waals surface area contributed by atoms with Crippen molar-refractivity contribution in [1.82, 2.24) is 4.90 Å². The molecule has 4 rings (SSSR count). The molecule has 0 saturated carbocycles. The van der Waals surface area contributed by atoms with Gasteiger partial charge in [0.15, 0.2) is 0 Å². The fourth-order valence-corrected chi connectivity index (χ4v) is 4.72. The van der Waals surface area contributed by atoms with Gasteiger partial charge < -0.3 is 10.2 Å². The molecule has 6 nitrogen and oxygen atoms in total. The molecule has 1 fully saturated rings. The molecule has 0 radical (unpaired) electrons. The van der Waals surface area contributed by atoms with E-state index in [0.29, 0.717) is 23.5 Å². The molecule has 1 N–H and O–H groups in total. The summed E-state index contributed by atoms with van der Waals surface area (Å²) in [5.41, 5.74) is 2.64. The van der Waals surface area contributed by atoms with Gasteiger partial charge in [0.1, 0.15) is 5.84 Å². The zero-order valence-corrected chi connectivity index (χ0v) is 18.0. The molecule has 1 aliphatic rings. The van der Waals surface area contributed by atoms with Crippen molar-refractivity contribution in [2.75, 3.05) is 18.9 Å². The number of amides is 1. The lowest BCUT2D eigenvalue weighted by atomic mass is 9.99. The number of anilines is 1. The minimum absolute atomic E-state index is 0.0504. The van der Waals surface area contributed by atoms with E-state index in [0.717, 1.165) is 24.1 Å². The number of carbonyl (C=O) groups excluding carboxylic acids is 1. The first-order chi connectivity index (χ1) is 14.9. The van der Waals surface area contributed by atoms with E-state index in [1.165, 1.54) is 12.1 Å². The molecule has 31 heavy (non-hydrogen) atoms. The van der Waals surface area contributed by atoms with E-state index in [9.17, 15) is 13.2 Å². The molecular weight excluding hydrogens is 410 g/mol. The van der Waals surface area contributed by atoms with Crippen LogP contribution in [0.3, 0.4) is 0 Å². The smallest absolute Gasteiger partial charge is 0.284 e. The van der Waals surface area contributed by atoms with Crippen molar-refractivity contribution in [3.63, 3.8) is 0 Å². The first-order valence-corrected chi connectivity index (χ1v) is 11.5. The van der Waals surface area contributed by atoms with E-state index in [1.54, 1.807) is 24.3 Å². The number of benzene rings is 3. The Morgan fingerprint density at radius 1 is 0.968 bits per heavy atom. The first kappa shape index (κ1) is 20.8. The summed E-state index contributed by atoms with van der Waals surface area (Å²) in [6, 6.07) is 23.2. The van der Waals surface area contributed by atoms with Gasteiger partial charge in [-0.3, -0.25) is 4.79 Å². The Morgan fingerprint density at radius 3 is 2.45 bits per heavy atom. The van der Waals surface area contributed by atoms with Crippen LogP contribution in [-0.4, -0.2) is 38.7 Å². The maximum Gasteiger partial charge on any atom is 0.284 e. The maximum atomic E-state index is 13.0. The molecule has 0 bridgehead atoms. The van der Waals surface area contributed by atoms with E-state index in [-0.39, 0.29) is 10.8 Å². The third kappa shape index (κ3) is 4.67. The van der Waals surface area contributed by atoms with Crippen molar-refractivity contribution in [3.05, 3.63) is 84.4 Å². The molecule has 1 saturated heterocycles. The van der Waals surface area contributed by atoms with Gasteiger partial charge in [0.25, 0.3) is 15.9 Å². The fourth-order valence-electron chi connectivity index (χ4n) is 3.58. The third-order valence-electron chi connectivity index (χ3n) is 5.21. The highest BCUT2D eigenvalue weighted by Gasteiger charge is 2.21. The summed E-state index contributed by atoms with van der Waals surface area (Å²) in [7, 11) is -2.02. The summed E-state index contributed by atoms with van der Waals surface area (Å²) in [6.07, 6.45) is 1.53. The van der Waals surface area contributed by atoms with Crippen LogP contribution in [0.15, 0.2) is 88.2 Å². The lowest BCUT2D eigenvalue weighted by Crippen LogP contribution is -2.20. The zero-order valence-electron chi connectivity index (χ0n) is 17.2. The van der Waals surface area contributed by atoms with E-state index < -0.39 is 10.0 Å². The van der Waals surface area contributed by atoms with Crippen molar-refractivity contribution in [2.45, 2.75) is 17.7 Å². The average Bonchev–Trinajstić information content (AvgIpc) is 3.18. The van der Waals surface area contributed by atoms with Crippen LogP contribution in [0.5, 0.6) is 0 Å². The number of likely N-dealkylation sites (tertiary alicyclic amines) is 1. The topological polar surface area (TPSA) is 78.8 Å². The maximum absolute atomic E-state index is 13.0. The SMILES string of the molecule is CN1CCC/C1=N\S(=O)(=O)c1cccc(NC(=O)c2ccccc2-c2ccccc2)c1. The second-order valence-electron chi connectivity index (χ2n) is 7.40. The van der Waals surface area contributed by atoms with Gasteiger partial charge in [-0.2, -0.15) is 8.42 Å². The summed E-state index contributed by atoms with van der Waals surface area (Å²) in [5, 5.41) is 2.82. The summed E-state index contributed by atoms with van der Waals surface area (Å²) >= 11 is 0. The summed E-state index contributed by atoms with van der Waals surface area (Å²) in [6.45, 7) is 0.797. The molecule has 0 aliphatic carbocycles. The van der Waals surface area contributed by atoms with Gasteiger partial charge in [-0.15, -0.1) is 4.40 Å². The van der Waals surface area contributed by atoms with Crippen LogP contribution < -0.4 is 5.32 Å². The van der Waals surface area contributed by atoms with E-state index >= 15 is 0 Å². The Hall–Kier alpha value is -3.45. The van der Waals surface area contributed by atoms with Crippen LogP contribution >= 0.6 is 0 Å². The normalized spacial score (nSPS) is 15.3. The molecule has 0 spiro atoms. The standard InChI is InChI=1S/C24H23N3O3S/c1-27-16-8-15-23(27)26-31(29,30)20-12-7-11-19(17-20)25-24(28)22-14-6-5-13-21(22)18-9-3-2-4-10-18/h2-7,9-14,17H,8,15-16H2,1H3,(H,25,28)/b26-23+. The van der Waals surface area contributed by atoms with Crippen molar-refractivity contribution in [3.8, 4) is 11.1 Å². The van der Waals surface area contributed by atoms with Crippen LogP contribution in [0, 0.1) is 0 Å². The third-order valence-corrected chi connectivity index (χ3v) is 6.51. The summed E-state index contributed by atoms with van der Waals surface area (Å²) < 4.78 is 29.5. The average molecular weight is 434 g/mol. The quantitative estimate of drug-likeness (QED) is 0.646. The highest BCUT2D eigenvalue weighted by atomic mass is 32.2. The van der Waals surface area contributed by atoms with Crippen molar-refractivity contribution in [1.29, 1.82) is 0 Å². The molecule has 1 aliphatic heterocycles. The van der Waals surface area contributed by atoms with Gasteiger partial charge in [0.2, 0.25) is 0 Å². The second kappa shape index (κ2) is 8.73. The van der Waals surface area contributed by atoms with Gasteiger partial charge >= 0.3 is 0 Å². The monoisotopic (exact) mass is 433 g/mol. The van der Waals surface area contributed by atoms with Gasteiger partial charge in [0, 0.05) is 31.3 Å². The van der Waals surface area contributed by atoms with Crippen LogP contribution in [0.4, 0.5) is 5.69 Å². The number of rotatable bonds is 5. The van der Waals surface area contributed by atoms with Gasteiger partial charge in [-0.1, -0.05) is 54.6 Å². The number of sulfonamides is 1. The highest BCUT2D eigenvalue weighted by Crippen LogP contribution is 2.25. The van der Waals surface area contributed by atoms with Crippen LogP contribution in [0.1, 0.15) is 23.2 Å². The number of hydrogen-bond acceptors (Lipinski definition) is 3. The number of hydrogen-bond donors (Lipinski definition) is 1. The van der Waals surface area contributed by atoms with Crippen LogP contribution in [0.2, 0.25) is 0 Å². The molecule has 3 aromatic carbocycles. The van der Waals surface area contributed by atoms with E-state index in [2.05, 4.69) is 9.71 Å². The predicted octanol–water partition coefficient (Wildman–Crippen LogP) is 4.42. The highest BCUT2D eigenvalue weighted by molar-refractivity contribution is 7.90. The Kier molecular flexibility index (Phi) is 5.86. The number of nitrogens with zero attached hydrogens (tertiary/aromatic N) is 2. The second-order valence-corrected chi connectivity index (χ2v) is 9.01. The van der Waals surface area contributed by atoms with Gasteiger partial charge in [-0.05, 0) is 41.8 Å². The zero-order chi connectivity index (χ0) is 21.8. The molecule has 7 heteroatoms. The lowest BCUT2D eigenvalue weighted by Gasteiger charge is -2.12.